The zero-order chi connectivity index (χ0) is 23.7. The Morgan fingerprint density at radius 1 is 1.28 bits per heavy atom. The van der Waals surface area contributed by atoms with E-state index in [0.29, 0.717) is 24.8 Å². The Labute approximate surface area is 193 Å². The van der Waals surface area contributed by atoms with Gasteiger partial charge in [0.25, 0.3) is 0 Å². The van der Waals surface area contributed by atoms with Crippen LogP contribution in [0.25, 0.3) is 0 Å². The lowest BCUT2D eigenvalue weighted by Crippen LogP contribution is -2.68. The van der Waals surface area contributed by atoms with Gasteiger partial charge >= 0.3 is 5.97 Å². The Bertz CT molecular complexity index is 929. The number of hydrogen-bond acceptors (Lipinski definition) is 4. The van der Waals surface area contributed by atoms with E-state index < -0.39 is 39.9 Å². The van der Waals surface area contributed by atoms with Crippen LogP contribution in [0.4, 0.5) is 4.39 Å². The van der Waals surface area contributed by atoms with Gasteiger partial charge < -0.3 is 10.2 Å². The first-order chi connectivity index (χ1) is 14.9. The minimum absolute atomic E-state index is 0.0575. The molecule has 0 aliphatic heterocycles. The minimum atomic E-state index is -1.97. The SMILES string of the molecule is CC1CC2C3CCC4=CC(=O)C=CC4(C)C3(F)C(O)CC2(C)C1(CCC(=O)O)C(=O)CCl. The number of Topliss-reactive ketones (excluding diaryl/α,β-unsaturated/α-hetero) is 1. The summed E-state index contributed by atoms with van der Waals surface area (Å²) in [5, 5.41) is 20.8. The lowest BCUT2D eigenvalue weighted by molar-refractivity contribution is -0.207. The van der Waals surface area contributed by atoms with E-state index in [4.69, 9.17) is 11.6 Å². The normalized spacial score (nSPS) is 47.3. The quantitative estimate of drug-likeness (QED) is 0.590. The highest BCUT2D eigenvalue weighted by Crippen LogP contribution is 2.74. The number of aliphatic hydroxyl groups excluding tert-OH is 1. The largest absolute Gasteiger partial charge is 0.481 e. The van der Waals surface area contributed by atoms with Gasteiger partial charge in [-0.05, 0) is 68.4 Å². The number of allylic oxidation sites excluding steroid dienone is 4. The van der Waals surface area contributed by atoms with Crippen LogP contribution < -0.4 is 0 Å². The molecule has 4 aliphatic carbocycles. The third kappa shape index (κ3) is 2.74. The molecule has 0 saturated heterocycles. The highest BCUT2D eigenvalue weighted by Gasteiger charge is 2.75. The van der Waals surface area contributed by atoms with Gasteiger partial charge in [0.1, 0.15) is 0 Å². The number of halogens is 2. The summed E-state index contributed by atoms with van der Waals surface area (Å²) in [5.74, 6) is -2.47. The van der Waals surface area contributed by atoms with Gasteiger partial charge in [-0.15, -0.1) is 11.6 Å². The van der Waals surface area contributed by atoms with Crippen molar-refractivity contribution in [3.05, 3.63) is 23.8 Å². The molecule has 3 fully saturated rings. The molecule has 8 atom stereocenters. The number of alkyl halides is 2. The van der Waals surface area contributed by atoms with Crippen LogP contribution >= 0.6 is 11.6 Å². The highest BCUT2D eigenvalue weighted by molar-refractivity contribution is 6.28. The maximum atomic E-state index is 17.2. The fourth-order valence-electron chi connectivity index (χ4n) is 8.34. The first-order valence-corrected chi connectivity index (χ1v) is 12.0. The van der Waals surface area contributed by atoms with Gasteiger partial charge in [0.2, 0.25) is 0 Å². The summed E-state index contributed by atoms with van der Waals surface area (Å²) in [6.07, 6.45) is 4.80. The molecule has 0 bridgehead atoms. The zero-order valence-electron chi connectivity index (χ0n) is 18.9. The molecule has 0 radical (unpaired) electrons. The van der Waals surface area contributed by atoms with Gasteiger partial charge in [-0.3, -0.25) is 14.4 Å². The first kappa shape index (κ1) is 23.6. The second-order valence-electron chi connectivity index (χ2n) is 10.8. The van der Waals surface area contributed by atoms with E-state index in [2.05, 4.69) is 0 Å². The van der Waals surface area contributed by atoms with Crippen LogP contribution in [0.3, 0.4) is 0 Å². The molecule has 4 rings (SSSR count). The zero-order valence-corrected chi connectivity index (χ0v) is 19.6. The van der Waals surface area contributed by atoms with Crippen LogP contribution in [0.15, 0.2) is 23.8 Å². The number of carboxylic acid groups (broad SMARTS) is 1. The predicted octanol–water partition coefficient (Wildman–Crippen LogP) is 4.26. The van der Waals surface area contributed by atoms with E-state index in [0.717, 1.165) is 0 Å². The average Bonchev–Trinajstić information content (AvgIpc) is 2.94. The number of hydrogen-bond donors (Lipinski definition) is 2. The standard InChI is InChI=1S/C25H32ClFO5/c1-14-10-18-17-5-4-15-11-16(28)6-8-22(15,2)25(17,27)19(29)12-23(18,3)24(14,20(30)13-26)9-7-21(31)32/h6,8,11,14,17-19,29H,4-5,7,9-10,12-13H2,1-3H3,(H,31,32). The molecule has 0 heterocycles. The summed E-state index contributed by atoms with van der Waals surface area (Å²) in [5.41, 5.74) is -4.12. The number of carbonyl (C=O) groups excluding carboxylic acids is 2. The number of fused-ring (bicyclic) bond motifs is 5. The molecule has 2 N–H and O–H groups in total. The van der Waals surface area contributed by atoms with Crippen molar-refractivity contribution in [2.24, 2.45) is 34.0 Å². The van der Waals surface area contributed by atoms with Crippen LogP contribution in [0.2, 0.25) is 0 Å². The summed E-state index contributed by atoms with van der Waals surface area (Å²) < 4.78 is 17.2. The summed E-state index contributed by atoms with van der Waals surface area (Å²) in [4.78, 5) is 36.7. The molecule has 4 aliphatic rings. The van der Waals surface area contributed by atoms with Crippen LogP contribution in [-0.4, -0.2) is 45.4 Å². The van der Waals surface area contributed by atoms with Gasteiger partial charge in [-0.2, -0.15) is 0 Å². The van der Waals surface area contributed by atoms with E-state index in [1.807, 2.05) is 13.8 Å². The number of aliphatic hydroxyl groups is 1. The fraction of sp³-hybridized carbons (Fsp3) is 0.720. The molecule has 8 unspecified atom stereocenters. The number of carbonyl (C=O) groups is 3. The molecule has 176 valence electrons. The van der Waals surface area contributed by atoms with E-state index >= 15 is 4.39 Å². The number of carboxylic acids is 1. The van der Waals surface area contributed by atoms with Crippen LogP contribution in [0, 0.1) is 34.0 Å². The fourth-order valence-corrected chi connectivity index (χ4v) is 8.58. The van der Waals surface area contributed by atoms with Crippen molar-refractivity contribution in [3.63, 3.8) is 0 Å². The molecule has 0 amide bonds. The molecule has 32 heavy (non-hydrogen) atoms. The molecular formula is C25H32ClFO5. The Morgan fingerprint density at radius 2 is 1.97 bits per heavy atom. The predicted molar refractivity (Wildman–Crippen MR) is 118 cm³/mol. The second kappa shape index (κ2) is 7.49. The summed E-state index contributed by atoms with van der Waals surface area (Å²) in [6, 6.07) is 0. The molecule has 0 aromatic heterocycles. The summed E-state index contributed by atoms with van der Waals surface area (Å²) >= 11 is 6.04. The maximum Gasteiger partial charge on any atom is 0.303 e. The monoisotopic (exact) mass is 466 g/mol. The van der Waals surface area contributed by atoms with Crippen molar-refractivity contribution in [3.8, 4) is 0 Å². The Morgan fingerprint density at radius 3 is 2.59 bits per heavy atom. The molecule has 3 saturated carbocycles. The van der Waals surface area contributed by atoms with Crippen molar-refractivity contribution in [2.45, 2.75) is 71.1 Å². The first-order valence-electron chi connectivity index (χ1n) is 11.5. The summed E-state index contributed by atoms with van der Waals surface area (Å²) in [6.45, 7) is 5.64. The topological polar surface area (TPSA) is 91.7 Å². The molecule has 7 heteroatoms. The highest BCUT2D eigenvalue weighted by atomic mass is 35.5. The Kier molecular flexibility index (Phi) is 5.53. The van der Waals surface area contributed by atoms with Gasteiger partial charge in [0, 0.05) is 23.2 Å². The van der Waals surface area contributed by atoms with E-state index in [1.54, 1.807) is 13.0 Å². The van der Waals surface area contributed by atoms with Gasteiger partial charge in [0.05, 0.1) is 12.0 Å². The van der Waals surface area contributed by atoms with Crippen LogP contribution in [0.1, 0.15) is 59.3 Å². The van der Waals surface area contributed by atoms with Crippen molar-refractivity contribution < 1.29 is 29.0 Å². The number of aliphatic carboxylic acids is 1. The van der Waals surface area contributed by atoms with Crippen molar-refractivity contribution in [1.29, 1.82) is 0 Å². The van der Waals surface area contributed by atoms with E-state index in [-0.39, 0.29) is 48.5 Å². The third-order valence-electron chi connectivity index (χ3n) is 9.85. The Balaban J connectivity index is 1.83. The van der Waals surface area contributed by atoms with Gasteiger partial charge in [0.15, 0.2) is 17.2 Å². The number of ketones is 2. The van der Waals surface area contributed by atoms with Crippen molar-refractivity contribution >= 4 is 29.1 Å². The molecule has 0 aromatic rings. The van der Waals surface area contributed by atoms with Crippen molar-refractivity contribution in [1.82, 2.24) is 0 Å². The van der Waals surface area contributed by atoms with Gasteiger partial charge in [-0.25, -0.2) is 4.39 Å². The van der Waals surface area contributed by atoms with Gasteiger partial charge in [-0.1, -0.05) is 25.5 Å². The minimum Gasteiger partial charge on any atom is -0.481 e. The lowest BCUT2D eigenvalue weighted by Gasteiger charge is -2.63. The van der Waals surface area contributed by atoms with Crippen LogP contribution in [-0.2, 0) is 14.4 Å². The van der Waals surface area contributed by atoms with E-state index in [9.17, 15) is 24.6 Å². The van der Waals surface area contributed by atoms with Crippen LogP contribution in [0.5, 0.6) is 0 Å². The van der Waals surface area contributed by atoms with E-state index in [1.165, 1.54) is 12.2 Å². The summed E-state index contributed by atoms with van der Waals surface area (Å²) in [7, 11) is 0. The smallest absolute Gasteiger partial charge is 0.303 e. The number of rotatable bonds is 5. The average molecular weight is 467 g/mol. The maximum absolute atomic E-state index is 17.2. The molecular weight excluding hydrogens is 435 g/mol. The lowest BCUT2D eigenvalue weighted by atomic mass is 9.43. The Hall–Kier alpha value is -1.53. The molecule has 5 nitrogen and oxygen atoms in total. The second-order valence-corrected chi connectivity index (χ2v) is 11.1. The van der Waals surface area contributed by atoms with Crippen molar-refractivity contribution in [2.75, 3.05) is 5.88 Å². The third-order valence-corrected chi connectivity index (χ3v) is 10.1. The molecule has 0 spiro atoms. The molecule has 0 aromatic carbocycles.